The predicted molar refractivity (Wildman–Crippen MR) is 67.6 cm³/mol. The van der Waals surface area contributed by atoms with E-state index in [4.69, 9.17) is 9.52 Å². The molecule has 0 aliphatic heterocycles. The minimum absolute atomic E-state index is 0.158. The van der Waals surface area contributed by atoms with Crippen LogP contribution in [-0.2, 0) is 17.6 Å². The van der Waals surface area contributed by atoms with Gasteiger partial charge < -0.3 is 9.52 Å². The fourth-order valence-corrected chi connectivity index (χ4v) is 3.19. The molecule has 0 radical (unpaired) electrons. The van der Waals surface area contributed by atoms with Crippen LogP contribution in [0.15, 0.2) is 4.42 Å². The summed E-state index contributed by atoms with van der Waals surface area (Å²) in [6.07, 6.45) is 8.39. The summed E-state index contributed by atoms with van der Waals surface area (Å²) in [6, 6.07) is 0. The lowest BCUT2D eigenvalue weighted by Gasteiger charge is -2.24. The van der Waals surface area contributed by atoms with Gasteiger partial charge in [0, 0.05) is 12.8 Å². The first kappa shape index (κ1) is 12.6. The fourth-order valence-electron chi connectivity index (χ4n) is 3.19. The Morgan fingerprint density at radius 1 is 1.26 bits per heavy atom. The Balaban J connectivity index is 1.66. The second-order valence-corrected chi connectivity index (χ2v) is 6.19. The highest BCUT2D eigenvalue weighted by molar-refractivity contribution is 5.67. The summed E-state index contributed by atoms with van der Waals surface area (Å²) in [5.74, 6) is 1.35. The molecule has 0 amide bonds. The van der Waals surface area contributed by atoms with Crippen LogP contribution in [0.5, 0.6) is 0 Å². The maximum atomic E-state index is 11.0. The van der Waals surface area contributed by atoms with Gasteiger partial charge >= 0.3 is 5.97 Å². The van der Waals surface area contributed by atoms with Crippen LogP contribution in [0.1, 0.15) is 56.7 Å². The summed E-state index contributed by atoms with van der Waals surface area (Å²) in [7, 11) is 0. The van der Waals surface area contributed by atoms with Crippen molar-refractivity contribution >= 4 is 5.97 Å². The summed E-state index contributed by atoms with van der Waals surface area (Å²) in [5.41, 5.74) is -0.158. The largest absolute Gasteiger partial charge is 0.481 e. The Kier molecular flexibility index (Phi) is 3.29. The molecule has 1 aromatic heterocycles. The average Bonchev–Trinajstić information content (AvgIpc) is 2.85. The molecule has 2 aliphatic rings. The number of nitrogens with zero attached hydrogens (tertiary/aromatic N) is 2. The van der Waals surface area contributed by atoms with Gasteiger partial charge in [0.25, 0.3) is 0 Å². The van der Waals surface area contributed by atoms with Crippen LogP contribution < -0.4 is 0 Å². The van der Waals surface area contributed by atoms with Gasteiger partial charge in [-0.25, -0.2) is 0 Å². The van der Waals surface area contributed by atoms with Crippen LogP contribution in [0, 0.1) is 11.3 Å². The zero-order chi connectivity index (χ0) is 13.3. The molecule has 19 heavy (non-hydrogen) atoms. The molecule has 2 fully saturated rings. The maximum absolute atomic E-state index is 11.0. The summed E-state index contributed by atoms with van der Waals surface area (Å²) in [5, 5.41) is 17.3. The quantitative estimate of drug-likeness (QED) is 0.854. The number of rotatable bonds is 6. The topological polar surface area (TPSA) is 76.2 Å². The Bertz CT molecular complexity index is 459. The summed E-state index contributed by atoms with van der Waals surface area (Å²) >= 11 is 0. The number of carboxylic acids is 1. The number of aliphatic carboxylic acids is 1. The minimum Gasteiger partial charge on any atom is -0.481 e. The molecule has 1 N–H and O–H groups in total. The lowest BCUT2D eigenvalue weighted by atomic mass is 9.79. The lowest BCUT2D eigenvalue weighted by molar-refractivity contribution is -0.139. The van der Waals surface area contributed by atoms with E-state index in [1.54, 1.807) is 0 Å². The molecular formula is C14H20N2O3. The molecule has 5 nitrogen and oxygen atoms in total. The van der Waals surface area contributed by atoms with E-state index < -0.39 is 5.97 Å². The number of carbonyl (C=O) groups is 1. The van der Waals surface area contributed by atoms with Gasteiger partial charge in [0.1, 0.15) is 0 Å². The van der Waals surface area contributed by atoms with Gasteiger partial charge in [0.15, 0.2) is 0 Å². The monoisotopic (exact) mass is 264 g/mol. The highest BCUT2D eigenvalue weighted by Gasteiger charge is 2.38. The van der Waals surface area contributed by atoms with Crippen LogP contribution in [0.25, 0.3) is 0 Å². The van der Waals surface area contributed by atoms with Gasteiger partial charge in [-0.05, 0) is 37.0 Å². The van der Waals surface area contributed by atoms with Crippen molar-refractivity contribution in [2.75, 3.05) is 0 Å². The van der Waals surface area contributed by atoms with Gasteiger partial charge in [-0.2, -0.15) is 0 Å². The zero-order valence-electron chi connectivity index (χ0n) is 11.1. The molecule has 3 rings (SSSR count). The van der Waals surface area contributed by atoms with Gasteiger partial charge in [-0.3, -0.25) is 4.79 Å². The Morgan fingerprint density at radius 3 is 2.58 bits per heavy atom. The molecule has 0 saturated heterocycles. The highest BCUT2D eigenvalue weighted by Crippen LogP contribution is 2.43. The van der Waals surface area contributed by atoms with Crippen molar-refractivity contribution in [3.63, 3.8) is 0 Å². The molecule has 1 aromatic rings. The molecule has 0 aromatic carbocycles. The van der Waals surface area contributed by atoms with Crippen LogP contribution in [0.3, 0.4) is 0 Å². The van der Waals surface area contributed by atoms with Crippen LogP contribution in [0.4, 0.5) is 0 Å². The normalized spacial score (nSPS) is 21.7. The SMILES string of the molecule is O=C(O)CC1(Cc2nnc(CC3CC3)o2)CCCC1. The van der Waals surface area contributed by atoms with Crippen LogP contribution >= 0.6 is 0 Å². The van der Waals surface area contributed by atoms with Crippen LogP contribution in [-0.4, -0.2) is 21.3 Å². The molecule has 104 valence electrons. The van der Waals surface area contributed by atoms with Crippen molar-refractivity contribution in [1.82, 2.24) is 10.2 Å². The van der Waals surface area contributed by atoms with E-state index in [1.807, 2.05) is 0 Å². The number of hydrogen-bond donors (Lipinski definition) is 1. The Labute approximate surface area is 112 Å². The molecule has 0 bridgehead atoms. The molecule has 0 spiro atoms. The van der Waals surface area contributed by atoms with E-state index >= 15 is 0 Å². The molecule has 5 heteroatoms. The molecule has 0 unspecified atom stereocenters. The van der Waals surface area contributed by atoms with Crippen molar-refractivity contribution in [3.8, 4) is 0 Å². The number of aromatic nitrogens is 2. The van der Waals surface area contributed by atoms with E-state index in [-0.39, 0.29) is 11.8 Å². The average molecular weight is 264 g/mol. The van der Waals surface area contributed by atoms with Crippen molar-refractivity contribution in [1.29, 1.82) is 0 Å². The Morgan fingerprint density at radius 2 is 1.95 bits per heavy atom. The smallest absolute Gasteiger partial charge is 0.303 e. The van der Waals surface area contributed by atoms with E-state index in [9.17, 15) is 4.79 Å². The predicted octanol–water partition coefficient (Wildman–Crippen LogP) is 2.60. The van der Waals surface area contributed by atoms with E-state index in [0.717, 1.165) is 43.9 Å². The third-order valence-electron chi connectivity index (χ3n) is 4.39. The minimum atomic E-state index is -0.723. The zero-order valence-corrected chi connectivity index (χ0v) is 11.1. The number of carboxylic acid groups (broad SMARTS) is 1. The summed E-state index contributed by atoms with van der Waals surface area (Å²) < 4.78 is 5.69. The second-order valence-electron chi connectivity index (χ2n) is 6.19. The van der Waals surface area contributed by atoms with Gasteiger partial charge in [0.2, 0.25) is 11.8 Å². The van der Waals surface area contributed by atoms with Gasteiger partial charge in [-0.15, -0.1) is 10.2 Å². The fraction of sp³-hybridized carbons (Fsp3) is 0.786. The van der Waals surface area contributed by atoms with E-state index in [1.165, 1.54) is 12.8 Å². The summed E-state index contributed by atoms with van der Waals surface area (Å²) in [4.78, 5) is 11.0. The second kappa shape index (κ2) is 4.94. The van der Waals surface area contributed by atoms with Crippen molar-refractivity contribution in [2.45, 2.75) is 57.8 Å². The van der Waals surface area contributed by atoms with Gasteiger partial charge in [0.05, 0.1) is 6.42 Å². The Hall–Kier alpha value is -1.39. The van der Waals surface area contributed by atoms with Gasteiger partial charge in [-0.1, -0.05) is 12.8 Å². The maximum Gasteiger partial charge on any atom is 0.303 e. The van der Waals surface area contributed by atoms with Crippen LogP contribution in [0.2, 0.25) is 0 Å². The van der Waals surface area contributed by atoms with Crippen molar-refractivity contribution < 1.29 is 14.3 Å². The first-order chi connectivity index (χ1) is 9.15. The van der Waals surface area contributed by atoms with E-state index in [2.05, 4.69) is 10.2 Å². The molecular weight excluding hydrogens is 244 g/mol. The van der Waals surface area contributed by atoms with Crippen molar-refractivity contribution in [2.24, 2.45) is 11.3 Å². The van der Waals surface area contributed by atoms with E-state index in [0.29, 0.717) is 12.3 Å². The van der Waals surface area contributed by atoms with Crippen molar-refractivity contribution in [3.05, 3.63) is 11.8 Å². The lowest BCUT2D eigenvalue weighted by Crippen LogP contribution is -2.24. The first-order valence-corrected chi connectivity index (χ1v) is 7.18. The third-order valence-corrected chi connectivity index (χ3v) is 4.39. The molecule has 0 atom stereocenters. The molecule has 2 saturated carbocycles. The third kappa shape index (κ3) is 3.14. The molecule has 2 aliphatic carbocycles. The number of hydrogen-bond acceptors (Lipinski definition) is 4. The highest BCUT2D eigenvalue weighted by atomic mass is 16.4. The molecule has 1 heterocycles. The standard InChI is InChI=1S/C14H20N2O3/c17-13(18)9-14(5-1-2-6-14)8-12-16-15-11(19-12)7-10-3-4-10/h10H,1-9H2,(H,17,18). The first-order valence-electron chi connectivity index (χ1n) is 7.18. The summed E-state index contributed by atoms with van der Waals surface area (Å²) in [6.45, 7) is 0.